The SMILES string of the molecule is CC1(O)NC(C(C#N)C#N)=C(C#N)C(c2ccc(F)cc2)C1[n+]1ccccc1. The van der Waals surface area contributed by atoms with Crippen LogP contribution in [0.2, 0.25) is 0 Å². The zero-order valence-corrected chi connectivity index (χ0v) is 15.0. The molecule has 0 saturated carbocycles. The van der Waals surface area contributed by atoms with Crippen LogP contribution in [-0.4, -0.2) is 10.8 Å². The minimum absolute atomic E-state index is 0.0691. The van der Waals surface area contributed by atoms with Gasteiger partial charge in [0.05, 0.1) is 35.4 Å². The molecule has 1 aromatic carbocycles. The second-order valence-corrected chi connectivity index (χ2v) is 6.70. The number of benzene rings is 1. The highest BCUT2D eigenvalue weighted by atomic mass is 19.1. The molecule has 0 saturated heterocycles. The second-order valence-electron chi connectivity index (χ2n) is 6.70. The van der Waals surface area contributed by atoms with Crippen LogP contribution in [0.4, 0.5) is 4.39 Å². The molecule has 0 aliphatic carbocycles. The quantitative estimate of drug-likeness (QED) is 0.801. The molecule has 2 heterocycles. The molecule has 2 N–H and O–H groups in total. The first kappa shape index (κ1) is 19.0. The Morgan fingerprint density at radius 1 is 1.11 bits per heavy atom. The van der Waals surface area contributed by atoms with Crippen molar-refractivity contribution in [2.75, 3.05) is 0 Å². The molecule has 0 bridgehead atoms. The number of pyridine rings is 1. The van der Waals surface area contributed by atoms with Crippen molar-refractivity contribution in [3.8, 4) is 18.2 Å². The van der Waals surface area contributed by atoms with Gasteiger partial charge in [0, 0.05) is 12.1 Å². The molecule has 1 aliphatic rings. The number of hydrogen-bond acceptors (Lipinski definition) is 5. The topological polar surface area (TPSA) is 108 Å². The molecule has 0 fully saturated rings. The van der Waals surface area contributed by atoms with Crippen molar-refractivity contribution >= 4 is 0 Å². The average molecular weight is 374 g/mol. The number of halogens is 1. The Morgan fingerprint density at radius 2 is 1.71 bits per heavy atom. The van der Waals surface area contributed by atoms with Crippen molar-refractivity contribution in [3.05, 3.63) is 77.5 Å². The molecule has 0 spiro atoms. The third-order valence-corrected chi connectivity index (χ3v) is 4.84. The number of allylic oxidation sites excluding steroid dienone is 2. The van der Waals surface area contributed by atoms with Crippen molar-refractivity contribution in [1.29, 1.82) is 15.8 Å². The number of rotatable bonds is 3. The van der Waals surface area contributed by atoms with Gasteiger partial charge in [-0.25, -0.2) is 4.39 Å². The Hall–Kier alpha value is -3.73. The van der Waals surface area contributed by atoms with Crippen molar-refractivity contribution in [2.45, 2.75) is 24.6 Å². The van der Waals surface area contributed by atoms with Crippen molar-refractivity contribution < 1.29 is 14.1 Å². The van der Waals surface area contributed by atoms with E-state index in [-0.39, 0.29) is 11.3 Å². The predicted octanol–water partition coefficient (Wildman–Crippen LogP) is 2.19. The van der Waals surface area contributed by atoms with Gasteiger partial charge in [0.1, 0.15) is 5.82 Å². The zero-order chi connectivity index (χ0) is 20.3. The first-order valence-electron chi connectivity index (χ1n) is 8.58. The molecule has 1 aliphatic heterocycles. The standard InChI is InChI=1S/C21H17FN5O/c1-21(28)20(27-9-3-2-4-10-27)18(14-5-7-16(22)8-6-14)17(13-25)19(26-21)15(11-23)12-24/h2-10,15,18,20,26,28H,1H3/q+1. The summed E-state index contributed by atoms with van der Waals surface area (Å²) in [7, 11) is 0. The summed E-state index contributed by atoms with van der Waals surface area (Å²) in [6.07, 6.45) is 3.51. The van der Waals surface area contributed by atoms with Crippen LogP contribution in [-0.2, 0) is 0 Å². The van der Waals surface area contributed by atoms with E-state index in [1.54, 1.807) is 41.2 Å². The zero-order valence-electron chi connectivity index (χ0n) is 15.0. The lowest BCUT2D eigenvalue weighted by Gasteiger charge is -2.41. The van der Waals surface area contributed by atoms with Crippen LogP contribution >= 0.6 is 0 Å². The molecule has 6 nitrogen and oxygen atoms in total. The van der Waals surface area contributed by atoms with E-state index in [0.29, 0.717) is 5.56 Å². The molecular formula is C21H17FN5O+. The number of nitrogens with zero attached hydrogens (tertiary/aromatic N) is 4. The number of hydrogen-bond donors (Lipinski definition) is 2. The van der Waals surface area contributed by atoms with Crippen LogP contribution in [0.25, 0.3) is 0 Å². The monoisotopic (exact) mass is 374 g/mol. The maximum absolute atomic E-state index is 13.5. The van der Waals surface area contributed by atoms with Gasteiger partial charge in [0.15, 0.2) is 24.0 Å². The molecule has 28 heavy (non-hydrogen) atoms. The van der Waals surface area contributed by atoms with E-state index in [0.717, 1.165) is 0 Å². The summed E-state index contributed by atoms with van der Waals surface area (Å²) >= 11 is 0. The van der Waals surface area contributed by atoms with E-state index in [9.17, 15) is 25.3 Å². The summed E-state index contributed by atoms with van der Waals surface area (Å²) in [5.41, 5.74) is -0.771. The molecule has 1 aromatic heterocycles. The van der Waals surface area contributed by atoms with E-state index in [1.807, 2.05) is 18.2 Å². The Bertz CT molecular complexity index is 1010. The number of nitriles is 3. The average Bonchev–Trinajstić information content (AvgIpc) is 2.69. The van der Waals surface area contributed by atoms with Crippen molar-refractivity contribution in [1.82, 2.24) is 5.32 Å². The minimum Gasteiger partial charge on any atom is -0.366 e. The maximum atomic E-state index is 13.5. The van der Waals surface area contributed by atoms with Crippen molar-refractivity contribution in [3.63, 3.8) is 0 Å². The smallest absolute Gasteiger partial charge is 0.216 e. The minimum atomic E-state index is -1.59. The van der Waals surface area contributed by atoms with Crippen LogP contribution in [0.3, 0.4) is 0 Å². The van der Waals surface area contributed by atoms with Gasteiger partial charge in [-0.3, -0.25) is 0 Å². The molecule has 0 radical (unpaired) electrons. The van der Waals surface area contributed by atoms with Gasteiger partial charge in [-0.15, -0.1) is 0 Å². The third-order valence-electron chi connectivity index (χ3n) is 4.84. The third kappa shape index (κ3) is 3.30. The van der Waals surface area contributed by atoms with E-state index >= 15 is 0 Å². The summed E-state index contributed by atoms with van der Waals surface area (Å²) in [4.78, 5) is 0. The molecular weight excluding hydrogens is 357 g/mol. The fourth-order valence-electron chi connectivity index (χ4n) is 3.66. The largest absolute Gasteiger partial charge is 0.366 e. The lowest BCUT2D eigenvalue weighted by Crippen LogP contribution is -2.63. The summed E-state index contributed by atoms with van der Waals surface area (Å²) in [5.74, 6) is -2.37. The van der Waals surface area contributed by atoms with Gasteiger partial charge in [-0.1, -0.05) is 18.2 Å². The Balaban J connectivity index is 2.31. The highest BCUT2D eigenvalue weighted by Gasteiger charge is 2.53. The molecule has 0 amide bonds. The van der Waals surface area contributed by atoms with Gasteiger partial charge >= 0.3 is 0 Å². The van der Waals surface area contributed by atoms with Crippen LogP contribution < -0.4 is 9.88 Å². The number of aromatic nitrogens is 1. The molecule has 7 heteroatoms. The Kier molecular flexibility index (Phi) is 5.09. The van der Waals surface area contributed by atoms with E-state index in [1.165, 1.54) is 19.1 Å². The fourth-order valence-corrected chi connectivity index (χ4v) is 3.66. The Morgan fingerprint density at radius 3 is 2.25 bits per heavy atom. The fraction of sp³-hybridized carbons (Fsp3) is 0.238. The van der Waals surface area contributed by atoms with Gasteiger partial charge in [-0.05, 0) is 24.6 Å². The summed E-state index contributed by atoms with van der Waals surface area (Å²) in [5, 5.41) is 42.6. The molecule has 2 aromatic rings. The van der Waals surface area contributed by atoms with Crippen LogP contribution in [0.1, 0.15) is 24.4 Å². The van der Waals surface area contributed by atoms with E-state index in [4.69, 9.17) is 0 Å². The maximum Gasteiger partial charge on any atom is 0.216 e. The molecule has 3 atom stereocenters. The Labute approximate surface area is 162 Å². The van der Waals surface area contributed by atoms with E-state index < -0.39 is 29.4 Å². The van der Waals surface area contributed by atoms with Crippen LogP contribution in [0, 0.1) is 45.7 Å². The van der Waals surface area contributed by atoms with Gasteiger partial charge in [0.25, 0.3) is 0 Å². The molecule has 3 unspecified atom stereocenters. The summed E-state index contributed by atoms with van der Waals surface area (Å²) < 4.78 is 15.2. The summed E-state index contributed by atoms with van der Waals surface area (Å²) in [6.45, 7) is 1.52. The van der Waals surface area contributed by atoms with Gasteiger partial charge in [-0.2, -0.15) is 20.4 Å². The highest BCUT2D eigenvalue weighted by Crippen LogP contribution is 2.43. The number of aliphatic hydroxyl groups is 1. The van der Waals surface area contributed by atoms with Crippen molar-refractivity contribution in [2.24, 2.45) is 5.92 Å². The van der Waals surface area contributed by atoms with Crippen LogP contribution in [0.5, 0.6) is 0 Å². The lowest BCUT2D eigenvalue weighted by atomic mass is 9.75. The van der Waals surface area contributed by atoms with Crippen LogP contribution in [0.15, 0.2) is 66.1 Å². The predicted molar refractivity (Wildman–Crippen MR) is 95.9 cm³/mol. The lowest BCUT2D eigenvalue weighted by molar-refractivity contribution is -0.741. The first-order chi connectivity index (χ1) is 13.4. The van der Waals surface area contributed by atoms with E-state index in [2.05, 4.69) is 11.4 Å². The highest BCUT2D eigenvalue weighted by molar-refractivity contribution is 5.46. The second kappa shape index (κ2) is 7.48. The number of nitrogens with one attached hydrogen (secondary N) is 1. The first-order valence-corrected chi connectivity index (χ1v) is 8.58. The van der Waals surface area contributed by atoms with Gasteiger partial charge < -0.3 is 10.4 Å². The summed E-state index contributed by atoms with van der Waals surface area (Å²) in [6, 6.07) is 16.2. The molecule has 138 valence electrons. The normalized spacial score (nSPS) is 24.0. The van der Waals surface area contributed by atoms with Gasteiger partial charge in [0.2, 0.25) is 6.04 Å². The molecule has 3 rings (SSSR count).